The van der Waals surface area contributed by atoms with Crippen LogP contribution in [-0.4, -0.2) is 11.4 Å². The highest BCUT2D eigenvalue weighted by atomic mass is 16.3. The van der Waals surface area contributed by atoms with Gasteiger partial charge in [-0.25, -0.2) is 0 Å². The third kappa shape index (κ3) is 6.82. The van der Waals surface area contributed by atoms with Gasteiger partial charge < -0.3 is 5.11 Å². The van der Waals surface area contributed by atoms with Crippen molar-refractivity contribution in [3.8, 4) is 5.75 Å². The molecule has 2 heteroatoms. The fourth-order valence-corrected chi connectivity index (χ4v) is 3.44. The Hall–Kier alpha value is -1.83. The standard InChI is InChI=1S/C12H12O2.C10H20.C2H6/c1-4-9-8(3)6-12(14)11(7-13)10(9)5-2;1-10(2,3)9-7-5-4-6-8-9;1-2/h4-7,14H,1-2H2,3H3;9H,4-8H2,1-3H3;1-2H3. The van der Waals surface area contributed by atoms with Crippen molar-refractivity contribution in [2.45, 2.75) is 73.6 Å². The highest BCUT2D eigenvalue weighted by molar-refractivity contribution is 5.89. The van der Waals surface area contributed by atoms with Crippen LogP contribution in [0.4, 0.5) is 0 Å². The fraction of sp³-hybridized carbons (Fsp3) is 0.542. The maximum atomic E-state index is 10.7. The summed E-state index contributed by atoms with van der Waals surface area (Å²) in [5.41, 5.74) is 3.17. The van der Waals surface area contributed by atoms with Crippen LogP contribution < -0.4 is 0 Å². The number of phenols is 1. The number of phenolic OH excluding ortho intramolecular Hbond substituents is 1. The summed E-state index contributed by atoms with van der Waals surface area (Å²) >= 11 is 0. The molecule has 0 bridgehead atoms. The SMILES string of the molecule is C=Cc1c(C)cc(O)c(C=O)c1C=C.CC.CC(C)(C)C1CCCCC1. The molecule has 146 valence electrons. The second-order valence-electron chi connectivity index (χ2n) is 7.68. The van der Waals surface area contributed by atoms with E-state index in [9.17, 15) is 9.90 Å². The van der Waals surface area contributed by atoms with E-state index in [1.807, 2.05) is 20.8 Å². The number of carbonyl (C=O) groups excluding carboxylic acids is 1. The number of aryl methyl sites for hydroxylation is 1. The number of benzene rings is 1. The summed E-state index contributed by atoms with van der Waals surface area (Å²) in [6, 6.07) is 1.55. The molecular formula is C24H38O2. The second-order valence-corrected chi connectivity index (χ2v) is 7.68. The van der Waals surface area contributed by atoms with E-state index in [1.165, 1.54) is 32.1 Å². The molecule has 1 N–H and O–H groups in total. The molecule has 1 aromatic rings. The lowest BCUT2D eigenvalue weighted by Crippen LogP contribution is -2.22. The molecule has 1 saturated carbocycles. The Morgan fingerprint density at radius 1 is 1.00 bits per heavy atom. The van der Waals surface area contributed by atoms with Crippen molar-refractivity contribution in [2.75, 3.05) is 0 Å². The van der Waals surface area contributed by atoms with Crippen LogP contribution in [0.3, 0.4) is 0 Å². The third-order valence-electron chi connectivity index (χ3n) is 4.99. The van der Waals surface area contributed by atoms with E-state index in [4.69, 9.17) is 0 Å². The van der Waals surface area contributed by atoms with Gasteiger partial charge in [0.05, 0.1) is 5.56 Å². The van der Waals surface area contributed by atoms with Gasteiger partial charge >= 0.3 is 0 Å². The first-order valence-electron chi connectivity index (χ1n) is 9.82. The van der Waals surface area contributed by atoms with E-state index in [0.29, 0.717) is 17.3 Å². The van der Waals surface area contributed by atoms with Gasteiger partial charge in [0, 0.05) is 0 Å². The summed E-state index contributed by atoms with van der Waals surface area (Å²) in [5.74, 6) is 0.985. The normalized spacial score (nSPS) is 14.2. The Kier molecular flexibility index (Phi) is 10.9. The van der Waals surface area contributed by atoms with E-state index >= 15 is 0 Å². The summed E-state index contributed by atoms with van der Waals surface area (Å²) in [4.78, 5) is 10.7. The summed E-state index contributed by atoms with van der Waals surface area (Å²) in [7, 11) is 0. The predicted molar refractivity (Wildman–Crippen MR) is 116 cm³/mol. The first-order chi connectivity index (χ1) is 12.3. The summed E-state index contributed by atoms with van der Waals surface area (Å²) in [6.07, 6.45) is 11.2. The van der Waals surface area contributed by atoms with Gasteiger partial charge in [0.1, 0.15) is 5.75 Å². The van der Waals surface area contributed by atoms with Gasteiger partial charge in [0.25, 0.3) is 0 Å². The van der Waals surface area contributed by atoms with Gasteiger partial charge in [0.2, 0.25) is 0 Å². The van der Waals surface area contributed by atoms with Crippen LogP contribution in [0.25, 0.3) is 12.2 Å². The highest BCUT2D eigenvalue weighted by Crippen LogP contribution is 2.37. The zero-order valence-corrected chi connectivity index (χ0v) is 17.7. The molecular weight excluding hydrogens is 320 g/mol. The van der Waals surface area contributed by atoms with Gasteiger partial charge in [-0.15, -0.1) is 0 Å². The molecule has 2 nitrogen and oxygen atoms in total. The lowest BCUT2D eigenvalue weighted by Gasteiger charge is -2.33. The number of hydrogen-bond acceptors (Lipinski definition) is 2. The second kappa shape index (κ2) is 11.7. The summed E-state index contributed by atoms with van der Waals surface area (Å²) in [6.45, 7) is 20.3. The minimum atomic E-state index is -0.0157. The van der Waals surface area contributed by atoms with Crippen molar-refractivity contribution in [1.82, 2.24) is 0 Å². The van der Waals surface area contributed by atoms with E-state index in [2.05, 4.69) is 33.9 Å². The topological polar surface area (TPSA) is 37.3 Å². The average molecular weight is 359 g/mol. The number of aldehydes is 1. The van der Waals surface area contributed by atoms with Crippen LogP contribution in [-0.2, 0) is 0 Å². The summed E-state index contributed by atoms with van der Waals surface area (Å²) in [5, 5.41) is 9.51. The van der Waals surface area contributed by atoms with Gasteiger partial charge in [0.15, 0.2) is 6.29 Å². The quantitative estimate of drug-likeness (QED) is 0.570. The molecule has 0 radical (unpaired) electrons. The van der Waals surface area contributed by atoms with Crippen LogP contribution in [0.1, 0.15) is 93.8 Å². The first kappa shape index (κ1) is 24.2. The van der Waals surface area contributed by atoms with Gasteiger partial charge in [-0.05, 0) is 53.9 Å². The number of rotatable bonds is 3. The van der Waals surface area contributed by atoms with Gasteiger partial charge in [-0.1, -0.05) is 79.2 Å². The van der Waals surface area contributed by atoms with Crippen LogP contribution in [0.15, 0.2) is 19.2 Å². The lowest BCUT2D eigenvalue weighted by molar-refractivity contribution is 0.112. The summed E-state index contributed by atoms with van der Waals surface area (Å²) < 4.78 is 0. The molecule has 2 rings (SSSR count). The maximum absolute atomic E-state index is 10.7. The molecule has 1 aromatic carbocycles. The van der Waals surface area contributed by atoms with E-state index in [0.717, 1.165) is 17.0 Å². The monoisotopic (exact) mass is 358 g/mol. The Bertz CT molecular complexity index is 553. The Labute approximate surface area is 161 Å². The van der Waals surface area contributed by atoms with Crippen LogP contribution in [0.5, 0.6) is 5.75 Å². The van der Waals surface area contributed by atoms with Crippen LogP contribution in [0.2, 0.25) is 0 Å². The zero-order chi connectivity index (χ0) is 20.3. The average Bonchev–Trinajstić information content (AvgIpc) is 2.63. The third-order valence-corrected chi connectivity index (χ3v) is 4.99. The molecule has 1 aliphatic carbocycles. The first-order valence-corrected chi connectivity index (χ1v) is 9.82. The molecule has 0 spiro atoms. The van der Waals surface area contributed by atoms with E-state index in [1.54, 1.807) is 18.2 Å². The Morgan fingerprint density at radius 3 is 1.85 bits per heavy atom. The van der Waals surface area contributed by atoms with E-state index in [-0.39, 0.29) is 11.3 Å². The lowest BCUT2D eigenvalue weighted by atomic mass is 9.72. The van der Waals surface area contributed by atoms with Gasteiger partial charge in [-0.2, -0.15) is 0 Å². The smallest absolute Gasteiger partial charge is 0.154 e. The van der Waals surface area contributed by atoms with Gasteiger partial charge in [-0.3, -0.25) is 4.79 Å². The number of aromatic hydroxyl groups is 1. The van der Waals surface area contributed by atoms with Crippen molar-refractivity contribution in [3.63, 3.8) is 0 Å². The van der Waals surface area contributed by atoms with Crippen LogP contribution >= 0.6 is 0 Å². The predicted octanol–water partition coefficient (Wildman–Crippen LogP) is 7.44. The van der Waals surface area contributed by atoms with Crippen molar-refractivity contribution < 1.29 is 9.90 Å². The van der Waals surface area contributed by atoms with Crippen molar-refractivity contribution in [2.24, 2.45) is 11.3 Å². The van der Waals surface area contributed by atoms with Crippen molar-refractivity contribution in [1.29, 1.82) is 0 Å². The van der Waals surface area contributed by atoms with Crippen molar-refractivity contribution >= 4 is 18.4 Å². The molecule has 0 aromatic heterocycles. The Morgan fingerprint density at radius 2 is 1.50 bits per heavy atom. The molecule has 1 aliphatic rings. The molecule has 26 heavy (non-hydrogen) atoms. The largest absolute Gasteiger partial charge is 0.507 e. The van der Waals surface area contributed by atoms with Crippen molar-refractivity contribution in [3.05, 3.63) is 41.5 Å². The van der Waals surface area contributed by atoms with E-state index < -0.39 is 0 Å². The highest BCUT2D eigenvalue weighted by Gasteiger charge is 2.25. The number of hydrogen-bond donors (Lipinski definition) is 1. The molecule has 0 heterocycles. The zero-order valence-electron chi connectivity index (χ0n) is 17.7. The molecule has 0 aliphatic heterocycles. The molecule has 0 amide bonds. The molecule has 1 fully saturated rings. The fourth-order valence-electron chi connectivity index (χ4n) is 3.44. The minimum Gasteiger partial charge on any atom is -0.507 e. The maximum Gasteiger partial charge on any atom is 0.154 e. The Balaban J connectivity index is 0.000000458. The molecule has 0 atom stereocenters. The molecule has 0 saturated heterocycles. The number of carbonyl (C=O) groups is 1. The minimum absolute atomic E-state index is 0.0157. The van der Waals surface area contributed by atoms with Crippen LogP contribution in [0, 0.1) is 18.3 Å². The molecule has 0 unspecified atom stereocenters.